The molecule has 6 aromatic rings. The van der Waals surface area contributed by atoms with Crippen LogP contribution in [0.3, 0.4) is 0 Å². The normalized spacial score (nSPS) is 15.2. The van der Waals surface area contributed by atoms with E-state index >= 15 is 0 Å². The van der Waals surface area contributed by atoms with Crippen molar-refractivity contribution in [2.45, 2.75) is 59.7 Å². The third-order valence-corrected chi connectivity index (χ3v) is 39.3. The molecule has 0 atom stereocenters. The number of rotatable bonds is 4. The zero-order valence-corrected chi connectivity index (χ0v) is 34.9. The van der Waals surface area contributed by atoms with Gasteiger partial charge in [0.2, 0.25) is 0 Å². The van der Waals surface area contributed by atoms with Crippen molar-refractivity contribution in [1.29, 1.82) is 0 Å². The predicted molar refractivity (Wildman–Crippen MR) is 216 cm³/mol. The SMILES string of the molecule is CC(C)(C)c1ccc2c(c1)-c1cc(C(C)(C)C)ccc1[CH]2[Hf]([Cl])([Cl])(=[C](c1ccc2ccccc2c1)c1ccc2ccccc2c1)[CH]1C=CC=C1. The Balaban J connectivity index is 1.56. The summed E-state index contributed by atoms with van der Waals surface area (Å²) >= 11 is -5.67. The van der Waals surface area contributed by atoms with Crippen molar-refractivity contribution in [3.8, 4) is 11.1 Å². The van der Waals surface area contributed by atoms with E-state index in [-0.39, 0.29) is 18.2 Å². The molecule has 0 nitrogen and oxygen atoms in total. The van der Waals surface area contributed by atoms with Crippen molar-refractivity contribution >= 4 is 42.0 Å². The molecular formula is C47H44Cl2Hf. The summed E-state index contributed by atoms with van der Waals surface area (Å²) in [6.07, 6.45) is 8.85. The second-order valence-corrected chi connectivity index (χ2v) is 45.9. The Labute approximate surface area is 305 Å². The number of fused-ring (bicyclic) bond motifs is 5. The van der Waals surface area contributed by atoms with Gasteiger partial charge in [0.05, 0.1) is 0 Å². The van der Waals surface area contributed by atoms with Gasteiger partial charge in [-0.3, -0.25) is 0 Å². The van der Waals surface area contributed by atoms with Crippen LogP contribution >= 0.6 is 17.2 Å². The first kappa shape index (κ1) is 33.8. The van der Waals surface area contributed by atoms with Gasteiger partial charge in [0.1, 0.15) is 0 Å². The Hall–Kier alpha value is -3.36. The van der Waals surface area contributed by atoms with Crippen molar-refractivity contribution in [3.63, 3.8) is 0 Å². The topological polar surface area (TPSA) is 0 Å². The first-order valence-electron chi connectivity index (χ1n) is 17.8. The van der Waals surface area contributed by atoms with Crippen molar-refractivity contribution in [2.75, 3.05) is 0 Å². The van der Waals surface area contributed by atoms with Crippen LogP contribution in [0.5, 0.6) is 0 Å². The van der Waals surface area contributed by atoms with Gasteiger partial charge in [0, 0.05) is 0 Å². The number of allylic oxidation sites excluding steroid dienone is 4. The average Bonchev–Trinajstić information content (AvgIpc) is 3.75. The zero-order chi connectivity index (χ0) is 35.1. The first-order valence-corrected chi connectivity index (χ1v) is 32.7. The molecule has 0 saturated heterocycles. The molecule has 2 aliphatic rings. The van der Waals surface area contributed by atoms with Gasteiger partial charge < -0.3 is 0 Å². The number of hydrogen-bond acceptors (Lipinski definition) is 0. The molecule has 0 aromatic heterocycles. The minimum absolute atomic E-state index is 0.0000821. The van der Waals surface area contributed by atoms with Crippen molar-refractivity contribution in [2.24, 2.45) is 0 Å². The first-order chi connectivity index (χ1) is 23.7. The van der Waals surface area contributed by atoms with Crippen LogP contribution in [0.4, 0.5) is 0 Å². The quantitative estimate of drug-likeness (QED) is 0.155. The van der Waals surface area contributed by atoms with Crippen LogP contribution in [0.25, 0.3) is 32.7 Å². The van der Waals surface area contributed by atoms with Crippen LogP contribution in [0.15, 0.2) is 146 Å². The molecule has 0 fully saturated rings. The van der Waals surface area contributed by atoms with E-state index in [1.807, 2.05) is 0 Å². The third kappa shape index (κ3) is 5.39. The second-order valence-electron chi connectivity index (χ2n) is 16.5. The molecule has 0 unspecified atom stereocenters. The minimum atomic E-state index is -5.67. The average molecular weight is 858 g/mol. The molecule has 0 aliphatic heterocycles. The zero-order valence-electron chi connectivity index (χ0n) is 29.8. The van der Waals surface area contributed by atoms with Gasteiger partial charge in [-0.15, -0.1) is 0 Å². The van der Waals surface area contributed by atoms with E-state index in [9.17, 15) is 0 Å². The Morgan fingerprint density at radius 3 is 1.34 bits per heavy atom. The van der Waals surface area contributed by atoms with E-state index in [0.717, 1.165) is 14.4 Å². The molecule has 0 bridgehead atoms. The molecular weight excluding hydrogens is 814 g/mol. The number of benzene rings is 6. The molecule has 0 N–H and O–H groups in total. The number of hydrogen-bond donors (Lipinski definition) is 0. The molecule has 6 aromatic carbocycles. The molecule has 8 rings (SSSR count). The fraction of sp³-hybridized carbons (Fsp3) is 0.213. The molecule has 0 spiro atoms. The van der Waals surface area contributed by atoms with Gasteiger partial charge >= 0.3 is 307 Å². The standard InChI is InChI=1S/C21H14.C21H25.C5H5.2ClH.Hf/c1-3-7-20-14-16(9-11-18(20)5-1)13-17-10-12-19-6-2-4-8-21(19)15-17;1-20(2,3)16-9-7-14-11-15-8-10-17(21(4,5)6)13-19(15)18(14)12-16;1-2-4-5-3-1;;;/h1-12,14-15H;7-13H,1-6H3;1-5H;2*1H;/q;;;;;+2/p-2. The van der Waals surface area contributed by atoms with Gasteiger partial charge in [0.15, 0.2) is 0 Å². The summed E-state index contributed by atoms with van der Waals surface area (Å²) in [5.74, 6) is 0. The van der Waals surface area contributed by atoms with E-state index in [4.69, 9.17) is 17.2 Å². The van der Waals surface area contributed by atoms with Gasteiger partial charge in [-0.2, -0.15) is 0 Å². The van der Waals surface area contributed by atoms with Crippen LogP contribution in [0.2, 0.25) is 3.67 Å². The summed E-state index contributed by atoms with van der Waals surface area (Å²) in [6, 6.07) is 45.0. The van der Waals surface area contributed by atoms with E-state index in [1.54, 1.807) is 0 Å². The molecule has 2 aliphatic carbocycles. The maximum absolute atomic E-state index is 8.90. The third-order valence-electron chi connectivity index (χ3n) is 11.2. The monoisotopic (exact) mass is 858 g/mol. The Morgan fingerprint density at radius 1 is 0.500 bits per heavy atom. The van der Waals surface area contributed by atoms with E-state index in [0.29, 0.717) is 0 Å². The van der Waals surface area contributed by atoms with E-state index < -0.39 is 15.7 Å². The second kappa shape index (κ2) is 11.8. The molecule has 0 heterocycles. The van der Waals surface area contributed by atoms with E-state index in [2.05, 4.69) is 187 Å². The fourth-order valence-corrected chi connectivity index (χ4v) is 36.2. The van der Waals surface area contributed by atoms with Crippen molar-refractivity contribution in [1.82, 2.24) is 0 Å². The molecule has 0 amide bonds. The Bertz CT molecular complexity index is 2320. The summed E-state index contributed by atoms with van der Waals surface area (Å²) in [7, 11) is 17.8. The van der Waals surface area contributed by atoms with Gasteiger partial charge in [-0.25, -0.2) is 0 Å². The summed E-state index contributed by atoms with van der Waals surface area (Å²) in [6.45, 7) is 13.8. The molecule has 50 heavy (non-hydrogen) atoms. The van der Waals surface area contributed by atoms with Gasteiger partial charge in [-0.1, -0.05) is 0 Å². The maximum atomic E-state index is 8.90. The molecule has 0 radical (unpaired) electrons. The van der Waals surface area contributed by atoms with E-state index in [1.165, 1.54) is 54.9 Å². The molecule has 0 saturated carbocycles. The van der Waals surface area contributed by atoms with Crippen molar-refractivity contribution in [3.05, 3.63) is 179 Å². The van der Waals surface area contributed by atoms with Gasteiger partial charge in [-0.05, 0) is 0 Å². The summed E-state index contributed by atoms with van der Waals surface area (Å²) in [4.78, 5) is 0. The number of halogens is 2. The summed E-state index contributed by atoms with van der Waals surface area (Å²) < 4.78 is 0.872. The van der Waals surface area contributed by atoms with Gasteiger partial charge in [0.25, 0.3) is 0 Å². The summed E-state index contributed by atoms with van der Waals surface area (Å²) in [5.41, 5.74) is 9.92. The van der Waals surface area contributed by atoms with Crippen LogP contribution in [-0.4, -0.2) is 3.26 Å². The molecule has 250 valence electrons. The molecule has 3 heteroatoms. The fourth-order valence-electron chi connectivity index (χ4n) is 8.45. The van der Waals surface area contributed by atoms with Crippen LogP contribution in [-0.2, 0) is 26.5 Å². The van der Waals surface area contributed by atoms with Crippen LogP contribution in [0.1, 0.15) is 78.6 Å². The predicted octanol–water partition coefficient (Wildman–Crippen LogP) is 13.8. The van der Waals surface area contributed by atoms with Crippen LogP contribution in [0, 0.1) is 0 Å². The summed E-state index contributed by atoms with van der Waals surface area (Å²) in [5, 5.41) is 4.78. The van der Waals surface area contributed by atoms with Crippen LogP contribution < -0.4 is 0 Å². The Morgan fingerprint density at radius 2 is 0.920 bits per heavy atom. The Kier molecular flexibility index (Phi) is 8.00. The van der Waals surface area contributed by atoms with Crippen molar-refractivity contribution < 1.29 is 15.7 Å².